The number of H-pyrrole nitrogens is 1. The van der Waals surface area contributed by atoms with E-state index in [1.54, 1.807) is 18.3 Å². The smallest absolute Gasteiger partial charge is 0.269 e. The first-order valence-corrected chi connectivity index (χ1v) is 7.34. The van der Waals surface area contributed by atoms with Crippen LogP contribution < -0.4 is 4.74 Å². The number of aromatic amines is 1. The van der Waals surface area contributed by atoms with Gasteiger partial charge < -0.3 is 4.74 Å². The Morgan fingerprint density at radius 2 is 2.18 bits per heavy atom. The van der Waals surface area contributed by atoms with Crippen molar-refractivity contribution in [2.24, 2.45) is 0 Å². The van der Waals surface area contributed by atoms with Crippen LogP contribution in [0.4, 0.5) is 5.69 Å². The first-order chi connectivity index (χ1) is 10.7. The lowest BCUT2D eigenvalue weighted by molar-refractivity contribution is -0.384. The monoisotopic (exact) mass is 302 g/mol. The number of hydrogen-bond donors (Lipinski definition) is 1. The van der Waals surface area contributed by atoms with Gasteiger partial charge in [-0.1, -0.05) is 0 Å². The largest absolute Gasteiger partial charge is 0.492 e. The fourth-order valence-corrected chi connectivity index (χ4v) is 2.84. The Bertz CT molecular complexity index is 612. The Morgan fingerprint density at radius 1 is 1.36 bits per heavy atom. The number of nitro benzene ring substituents is 1. The minimum Gasteiger partial charge on any atom is -0.492 e. The average molecular weight is 302 g/mol. The predicted octanol–water partition coefficient (Wildman–Crippen LogP) is 2.53. The molecule has 2 heterocycles. The third-order valence-corrected chi connectivity index (χ3v) is 3.94. The normalized spacial score (nSPS) is 18.5. The lowest BCUT2D eigenvalue weighted by Crippen LogP contribution is -2.28. The Kier molecular flexibility index (Phi) is 4.34. The van der Waals surface area contributed by atoms with E-state index in [9.17, 15) is 10.1 Å². The first kappa shape index (κ1) is 14.5. The van der Waals surface area contributed by atoms with E-state index in [4.69, 9.17) is 4.74 Å². The summed E-state index contributed by atoms with van der Waals surface area (Å²) < 4.78 is 5.68. The summed E-state index contributed by atoms with van der Waals surface area (Å²) >= 11 is 0. The molecule has 1 aromatic carbocycles. The molecule has 0 bridgehead atoms. The van der Waals surface area contributed by atoms with E-state index in [-0.39, 0.29) is 5.69 Å². The van der Waals surface area contributed by atoms with Crippen LogP contribution in [0.5, 0.6) is 5.75 Å². The fourth-order valence-electron chi connectivity index (χ4n) is 2.84. The number of nitrogens with one attached hydrogen (secondary N) is 1. The van der Waals surface area contributed by atoms with Gasteiger partial charge in [0.15, 0.2) is 0 Å². The zero-order valence-corrected chi connectivity index (χ0v) is 12.1. The SMILES string of the molecule is O=[N+]([O-])c1ccc(OCCN2CCC[C@H]2c2ccn[nH]2)cc1. The zero-order valence-electron chi connectivity index (χ0n) is 12.1. The molecule has 116 valence electrons. The molecule has 1 aromatic heterocycles. The summed E-state index contributed by atoms with van der Waals surface area (Å²) in [4.78, 5) is 12.6. The number of benzene rings is 1. The molecular weight excluding hydrogens is 284 g/mol. The van der Waals surface area contributed by atoms with Crippen molar-refractivity contribution < 1.29 is 9.66 Å². The van der Waals surface area contributed by atoms with Crippen molar-refractivity contribution in [3.63, 3.8) is 0 Å². The highest BCUT2D eigenvalue weighted by Crippen LogP contribution is 2.30. The summed E-state index contributed by atoms with van der Waals surface area (Å²) in [5.41, 5.74) is 1.22. The lowest BCUT2D eigenvalue weighted by Gasteiger charge is -2.23. The van der Waals surface area contributed by atoms with Crippen LogP contribution >= 0.6 is 0 Å². The molecule has 0 aliphatic carbocycles. The molecular formula is C15H18N4O3. The summed E-state index contributed by atoms with van der Waals surface area (Å²) in [6.07, 6.45) is 4.07. The van der Waals surface area contributed by atoms with Crippen LogP contribution in [-0.4, -0.2) is 39.7 Å². The second-order valence-corrected chi connectivity index (χ2v) is 5.31. The van der Waals surface area contributed by atoms with E-state index in [0.29, 0.717) is 18.4 Å². The number of hydrogen-bond acceptors (Lipinski definition) is 5. The number of non-ortho nitro benzene ring substituents is 1. The summed E-state index contributed by atoms with van der Waals surface area (Å²) in [6.45, 7) is 2.43. The molecule has 1 saturated heterocycles. The summed E-state index contributed by atoms with van der Waals surface area (Å²) in [7, 11) is 0. The molecule has 3 rings (SSSR count). The third-order valence-electron chi connectivity index (χ3n) is 3.94. The molecule has 1 N–H and O–H groups in total. The van der Waals surface area contributed by atoms with Gasteiger partial charge in [0.2, 0.25) is 0 Å². The Balaban J connectivity index is 1.51. The first-order valence-electron chi connectivity index (χ1n) is 7.34. The van der Waals surface area contributed by atoms with Gasteiger partial charge in [-0.05, 0) is 37.6 Å². The molecule has 22 heavy (non-hydrogen) atoms. The van der Waals surface area contributed by atoms with E-state index in [2.05, 4.69) is 15.1 Å². The van der Waals surface area contributed by atoms with Crippen molar-refractivity contribution >= 4 is 5.69 Å². The number of nitro groups is 1. The van der Waals surface area contributed by atoms with Gasteiger partial charge in [-0.15, -0.1) is 0 Å². The molecule has 7 nitrogen and oxygen atoms in total. The van der Waals surface area contributed by atoms with Crippen LogP contribution in [0.3, 0.4) is 0 Å². The van der Waals surface area contributed by atoms with Crippen molar-refractivity contribution in [3.8, 4) is 5.75 Å². The van der Waals surface area contributed by atoms with Gasteiger partial charge in [-0.3, -0.25) is 20.1 Å². The molecule has 0 unspecified atom stereocenters. The highest BCUT2D eigenvalue weighted by Gasteiger charge is 2.26. The molecule has 1 fully saturated rings. The summed E-state index contributed by atoms with van der Waals surface area (Å²) in [5, 5.41) is 17.7. The number of rotatable bonds is 6. The fraction of sp³-hybridized carbons (Fsp3) is 0.400. The Morgan fingerprint density at radius 3 is 2.86 bits per heavy atom. The highest BCUT2D eigenvalue weighted by molar-refractivity contribution is 5.35. The van der Waals surface area contributed by atoms with Gasteiger partial charge in [0.05, 0.1) is 16.7 Å². The van der Waals surface area contributed by atoms with E-state index in [1.165, 1.54) is 18.6 Å². The summed E-state index contributed by atoms with van der Waals surface area (Å²) in [5.74, 6) is 0.655. The van der Waals surface area contributed by atoms with Crippen LogP contribution in [0.25, 0.3) is 0 Å². The van der Waals surface area contributed by atoms with Crippen molar-refractivity contribution in [3.05, 3.63) is 52.3 Å². The van der Waals surface area contributed by atoms with Gasteiger partial charge in [-0.2, -0.15) is 5.10 Å². The standard InChI is InChI=1S/C15H18N4O3/c20-19(21)12-3-5-13(6-4-12)22-11-10-18-9-1-2-15(18)14-7-8-16-17-14/h3-8,15H,1-2,9-11H2,(H,16,17)/t15-/m0/s1. The van der Waals surface area contributed by atoms with Gasteiger partial charge in [0, 0.05) is 24.9 Å². The van der Waals surface area contributed by atoms with E-state index in [1.807, 2.05) is 6.07 Å². The molecule has 7 heteroatoms. The molecule has 0 amide bonds. The molecule has 1 aliphatic rings. The number of ether oxygens (including phenoxy) is 1. The predicted molar refractivity (Wildman–Crippen MR) is 80.7 cm³/mol. The highest BCUT2D eigenvalue weighted by atomic mass is 16.6. The number of nitrogens with zero attached hydrogens (tertiary/aromatic N) is 3. The minimum atomic E-state index is -0.414. The van der Waals surface area contributed by atoms with Crippen LogP contribution in [0.1, 0.15) is 24.6 Å². The van der Waals surface area contributed by atoms with Crippen LogP contribution in [-0.2, 0) is 0 Å². The van der Waals surface area contributed by atoms with Crippen molar-refractivity contribution in [1.82, 2.24) is 15.1 Å². The van der Waals surface area contributed by atoms with Crippen LogP contribution in [0.15, 0.2) is 36.5 Å². The average Bonchev–Trinajstić information content (AvgIpc) is 3.18. The second kappa shape index (κ2) is 6.57. The van der Waals surface area contributed by atoms with Gasteiger partial charge in [0.25, 0.3) is 5.69 Å². The van der Waals surface area contributed by atoms with Crippen LogP contribution in [0.2, 0.25) is 0 Å². The number of likely N-dealkylation sites (tertiary alicyclic amines) is 1. The quantitative estimate of drug-likeness (QED) is 0.654. The minimum absolute atomic E-state index is 0.0752. The Labute approximate surface area is 128 Å². The van der Waals surface area contributed by atoms with Crippen molar-refractivity contribution in [2.75, 3.05) is 19.7 Å². The number of aromatic nitrogens is 2. The maximum Gasteiger partial charge on any atom is 0.269 e. The van der Waals surface area contributed by atoms with Gasteiger partial charge in [0.1, 0.15) is 12.4 Å². The molecule has 0 spiro atoms. The molecule has 1 atom stereocenters. The molecule has 0 saturated carbocycles. The topological polar surface area (TPSA) is 84.3 Å². The molecule has 0 radical (unpaired) electrons. The Hall–Kier alpha value is -2.41. The van der Waals surface area contributed by atoms with Gasteiger partial charge >= 0.3 is 0 Å². The maximum atomic E-state index is 10.6. The second-order valence-electron chi connectivity index (χ2n) is 5.31. The van der Waals surface area contributed by atoms with E-state index < -0.39 is 4.92 Å². The van der Waals surface area contributed by atoms with Crippen LogP contribution in [0, 0.1) is 10.1 Å². The van der Waals surface area contributed by atoms with Crippen molar-refractivity contribution in [2.45, 2.75) is 18.9 Å². The van der Waals surface area contributed by atoms with E-state index >= 15 is 0 Å². The van der Waals surface area contributed by atoms with Gasteiger partial charge in [-0.25, -0.2) is 0 Å². The zero-order chi connectivity index (χ0) is 15.4. The molecule has 2 aromatic rings. The van der Waals surface area contributed by atoms with Crippen molar-refractivity contribution in [1.29, 1.82) is 0 Å². The summed E-state index contributed by atoms with van der Waals surface area (Å²) in [6, 6.07) is 8.57. The lowest BCUT2D eigenvalue weighted by atomic mass is 10.1. The molecule has 1 aliphatic heterocycles. The van der Waals surface area contributed by atoms with E-state index in [0.717, 1.165) is 25.2 Å². The maximum absolute atomic E-state index is 10.6. The third kappa shape index (κ3) is 3.25.